The normalized spacial score (nSPS) is 30.6. The molecule has 0 saturated carbocycles. The van der Waals surface area contributed by atoms with Gasteiger partial charge in [0.15, 0.2) is 0 Å². The van der Waals surface area contributed by atoms with E-state index in [0.29, 0.717) is 17.9 Å². The fourth-order valence-corrected chi connectivity index (χ4v) is 4.77. The smallest absolute Gasteiger partial charge is 0.334 e. The minimum Gasteiger partial charge on any atom is -0.334 e. The summed E-state index contributed by atoms with van der Waals surface area (Å²) in [5.41, 5.74) is -1.46. The summed E-state index contributed by atoms with van der Waals surface area (Å²) in [6.07, 6.45) is -2.83. The summed E-state index contributed by atoms with van der Waals surface area (Å²) < 4.78 is 52.4. The first-order chi connectivity index (χ1) is 11.9. The number of urea groups is 1. The highest BCUT2D eigenvalue weighted by Crippen LogP contribution is 2.47. The van der Waals surface area contributed by atoms with E-state index in [1.54, 1.807) is 0 Å². The van der Waals surface area contributed by atoms with Gasteiger partial charge in [-0.25, -0.2) is 9.18 Å². The summed E-state index contributed by atoms with van der Waals surface area (Å²) in [5, 5.41) is 5.97. The summed E-state index contributed by atoms with van der Waals surface area (Å²) in [5.74, 6) is -0.412. The molecule has 2 N–H and O–H groups in total. The molecule has 8 heteroatoms. The van der Waals surface area contributed by atoms with Crippen molar-refractivity contribution in [1.82, 2.24) is 15.5 Å². The van der Waals surface area contributed by atoms with Gasteiger partial charge in [0, 0.05) is 37.3 Å². The third-order valence-corrected chi connectivity index (χ3v) is 5.82. The summed E-state index contributed by atoms with van der Waals surface area (Å²) in [6, 6.07) is 3.17. The van der Waals surface area contributed by atoms with Gasteiger partial charge in [0.05, 0.1) is 5.56 Å². The Morgan fingerprint density at radius 2 is 1.84 bits per heavy atom. The van der Waals surface area contributed by atoms with Crippen LogP contribution in [0, 0.1) is 17.7 Å². The lowest BCUT2D eigenvalue weighted by Gasteiger charge is -2.25. The van der Waals surface area contributed by atoms with E-state index in [1.165, 1.54) is 6.07 Å². The van der Waals surface area contributed by atoms with Crippen LogP contribution in [0.5, 0.6) is 0 Å². The zero-order valence-electron chi connectivity index (χ0n) is 13.4. The topological polar surface area (TPSA) is 44.4 Å². The molecule has 2 amide bonds. The van der Waals surface area contributed by atoms with E-state index in [-0.39, 0.29) is 30.2 Å². The minimum absolute atomic E-state index is 0.156. The molecule has 3 saturated heterocycles. The first-order valence-corrected chi connectivity index (χ1v) is 8.49. The average molecular weight is 357 g/mol. The molecule has 1 aromatic carbocycles. The highest BCUT2D eigenvalue weighted by molar-refractivity contribution is 5.76. The van der Waals surface area contributed by atoms with Crippen molar-refractivity contribution in [2.75, 3.05) is 13.1 Å². The van der Waals surface area contributed by atoms with E-state index in [4.69, 9.17) is 0 Å². The maximum atomic E-state index is 14.1. The minimum atomic E-state index is -4.75. The van der Waals surface area contributed by atoms with E-state index in [9.17, 15) is 22.4 Å². The van der Waals surface area contributed by atoms with Crippen LogP contribution in [0.4, 0.5) is 22.4 Å². The van der Waals surface area contributed by atoms with Gasteiger partial charge in [-0.15, -0.1) is 0 Å². The van der Waals surface area contributed by atoms with E-state index < -0.39 is 17.6 Å². The summed E-state index contributed by atoms with van der Waals surface area (Å²) in [6.45, 7) is 1.55. The molecular weight excluding hydrogens is 338 g/mol. The van der Waals surface area contributed by atoms with Gasteiger partial charge in [0.2, 0.25) is 0 Å². The SMILES string of the molecule is O=C(NCc1cccc(C(F)(F)F)c1F)N1[C@@H]2CC[C@H]1[C@H]1CNC[C@H]12. The first-order valence-electron chi connectivity index (χ1n) is 8.49. The van der Waals surface area contributed by atoms with Crippen LogP contribution >= 0.6 is 0 Å². The molecule has 0 radical (unpaired) electrons. The number of hydrogen-bond donors (Lipinski definition) is 2. The molecule has 3 aliphatic rings. The number of halogens is 4. The van der Waals surface area contributed by atoms with Gasteiger partial charge in [0.25, 0.3) is 0 Å². The van der Waals surface area contributed by atoms with Crippen molar-refractivity contribution in [1.29, 1.82) is 0 Å². The lowest BCUT2D eigenvalue weighted by molar-refractivity contribution is -0.140. The third-order valence-electron chi connectivity index (χ3n) is 5.82. The highest BCUT2D eigenvalue weighted by atomic mass is 19.4. The molecule has 0 aliphatic carbocycles. The van der Waals surface area contributed by atoms with Gasteiger partial charge in [-0.05, 0) is 30.7 Å². The van der Waals surface area contributed by atoms with Crippen molar-refractivity contribution in [3.63, 3.8) is 0 Å². The predicted octanol–water partition coefficient (Wildman–Crippen LogP) is 2.74. The van der Waals surface area contributed by atoms with E-state index in [1.807, 2.05) is 4.90 Å². The average Bonchev–Trinajstić information content (AvgIpc) is 3.24. The summed E-state index contributed by atoms with van der Waals surface area (Å²) >= 11 is 0. The number of amides is 2. The van der Waals surface area contributed by atoms with Crippen molar-refractivity contribution in [3.05, 3.63) is 35.1 Å². The van der Waals surface area contributed by atoms with Gasteiger partial charge in [0.1, 0.15) is 5.82 Å². The second-order valence-corrected chi connectivity index (χ2v) is 7.04. The molecule has 4 nitrogen and oxygen atoms in total. The largest absolute Gasteiger partial charge is 0.419 e. The van der Waals surface area contributed by atoms with E-state index in [2.05, 4.69) is 10.6 Å². The summed E-state index contributed by atoms with van der Waals surface area (Å²) in [4.78, 5) is 14.4. The molecular formula is C17H19F4N3O. The molecule has 3 fully saturated rings. The number of nitrogens with one attached hydrogen (secondary N) is 2. The fourth-order valence-electron chi connectivity index (χ4n) is 4.77. The number of hydrogen-bond acceptors (Lipinski definition) is 2. The maximum absolute atomic E-state index is 14.1. The molecule has 25 heavy (non-hydrogen) atoms. The predicted molar refractivity (Wildman–Crippen MR) is 82.1 cm³/mol. The molecule has 4 atom stereocenters. The molecule has 1 aromatic rings. The number of rotatable bonds is 2. The quantitative estimate of drug-likeness (QED) is 0.800. The van der Waals surface area contributed by atoms with Gasteiger partial charge in [-0.3, -0.25) is 0 Å². The second-order valence-electron chi connectivity index (χ2n) is 7.04. The first kappa shape index (κ1) is 16.6. The molecule has 136 valence electrons. The van der Waals surface area contributed by atoms with Crippen LogP contribution in [0.1, 0.15) is 24.0 Å². The molecule has 3 aliphatic heterocycles. The van der Waals surface area contributed by atoms with Crippen LogP contribution in [0.15, 0.2) is 18.2 Å². The highest BCUT2D eigenvalue weighted by Gasteiger charge is 2.56. The van der Waals surface area contributed by atoms with E-state index in [0.717, 1.165) is 32.0 Å². The Morgan fingerprint density at radius 3 is 2.44 bits per heavy atom. The summed E-state index contributed by atoms with van der Waals surface area (Å²) in [7, 11) is 0. The Labute approximate surface area is 142 Å². The number of alkyl halides is 3. The maximum Gasteiger partial charge on any atom is 0.419 e. The third kappa shape index (κ3) is 2.67. The van der Waals surface area contributed by atoms with Crippen molar-refractivity contribution in [2.45, 2.75) is 37.6 Å². The van der Waals surface area contributed by atoms with Crippen molar-refractivity contribution in [3.8, 4) is 0 Å². The Kier molecular flexibility index (Phi) is 3.90. The Morgan fingerprint density at radius 1 is 1.20 bits per heavy atom. The number of carbonyl (C=O) groups is 1. The van der Waals surface area contributed by atoms with Gasteiger partial charge >= 0.3 is 12.2 Å². The Balaban J connectivity index is 1.45. The van der Waals surface area contributed by atoms with Gasteiger partial charge in [-0.1, -0.05) is 12.1 Å². The van der Waals surface area contributed by atoms with Crippen LogP contribution < -0.4 is 10.6 Å². The van der Waals surface area contributed by atoms with Crippen molar-refractivity contribution < 1.29 is 22.4 Å². The molecule has 0 aromatic heterocycles. The van der Waals surface area contributed by atoms with Crippen LogP contribution in [0.3, 0.4) is 0 Å². The molecule has 0 unspecified atom stereocenters. The van der Waals surface area contributed by atoms with Crippen LogP contribution in [-0.4, -0.2) is 36.1 Å². The van der Waals surface area contributed by atoms with Gasteiger partial charge < -0.3 is 15.5 Å². The number of nitrogens with zero attached hydrogens (tertiary/aromatic N) is 1. The van der Waals surface area contributed by atoms with Crippen molar-refractivity contribution in [2.24, 2.45) is 11.8 Å². The zero-order chi connectivity index (χ0) is 17.8. The standard InChI is InChI=1S/C17H19F4N3O/c18-15-9(2-1-3-12(15)17(19,20)21)6-23-16(25)24-13-4-5-14(24)11-8-22-7-10(11)13/h1-3,10-11,13-14,22H,4-8H2,(H,23,25)/t10-,11+,13-,14+. The van der Waals surface area contributed by atoms with Crippen LogP contribution in [0.25, 0.3) is 0 Å². The monoisotopic (exact) mass is 357 g/mol. The molecule has 3 heterocycles. The molecule has 0 spiro atoms. The number of fused-ring (bicyclic) bond motifs is 5. The van der Waals surface area contributed by atoms with Crippen LogP contribution in [-0.2, 0) is 12.7 Å². The number of carbonyl (C=O) groups excluding carboxylic acids is 1. The Hall–Kier alpha value is -1.83. The lowest BCUT2D eigenvalue weighted by atomic mass is 9.82. The second kappa shape index (κ2) is 5.86. The zero-order valence-corrected chi connectivity index (χ0v) is 13.4. The number of benzene rings is 1. The Bertz CT molecular complexity index is 675. The van der Waals surface area contributed by atoms with Crippen LogP contribution in [0.2, 0.25) is 0 Å². The van der Waals surface area contributed by atoms with Crippen molar-refractivity contribution >= 4 is 6.03 Å². The molecule has 4 rings (SSSR count). The van der Waals surface area contributed by atoms with E-state index >= 15 is 0 Å². The molecule has 2 bridgehead atoms. The van der Waals surface area contributed by atoms with Gasteiger partial charge in [-0.2, -0.15) is 13.2 Å². The lowest BCUT2D eigenvalue weighted by Crippen LogP contribution is -2.45. The fraction of sp³-hybridized carbons (Fsp3) is 0.588.